The second-order valence-corrected chi connectivity index (χ2v) is 6.01. The third-order valence-corrected chi connectivity index (χ3v) is 4.08. The molecule has 0 spiro atoms. The number of aliphatic imine (C=N–C) groups is 1. The highest BCUT2D eigenvalue weighted by Gasteiger charge is 2.13. The predicted octanol–water partition coefficient (Wildman–Crippen LogP) is 3.22. The molecule has 0 aromatic heterocycles. The number of nitrogens with two attached hydrogens (primary N) is 1. The topological polar surface area (TPSA) is 68.9 Å². The lowest BCUT2D eigenvalue weighted by molar-refractivity contribution is 0.294. The van der Waals surface area contributed by atoms with E-state index in [4.69, 9.17) is 15.2 Å². The lowest BCUT2D eigenvalue weighted by atomic mass is 9.96. The van der Waals surface area contributed by atoms with E-state index in [1.165, 1.54) is 32.1 Å². The summed E-state index contributed by atoms with van der Waals surface area (Å²) >= 11 is 0. The van der Waals surface area contributed by atoms with Crippen molar-refractivity contribution in [2.75, 3.05) is 13.7 Å². The molecule has 1 fully saturated rings. The molecule has 0 atom stereocenters. The highest BCUT2D eigenvalue weighted by molar-refractivity contribution is 5.78. The smallest absolute Gasteiger partial charge is 0.189 e. The number of hydrogen-bond donors (Lipinski definition) is 2. The maximum absolute atomic E-state index is 6.00. The van der Waals surface area contributed by atoms with Gasteiger partial charge in [-0.25, -0.2) is 4.99 Å². The lowest BCUT2D eigenvalue weighted by Crippen LogP contribution is -2.41. The minimum Gasteiger partial charge on any atom is -0.493 e. The van der Waals surface area contributed by atoms with Crippen LogP contribution in [0.2, 0.25) is 0 Å². The van der Waals surface area contributed by atoms with Gasteiger partial charge in [-0.2, -0.15) is 0 Å². The molecule has 3 N–H and O–H groups in total. The van der Waals surface area contributed by atoms with Crippen LogP contribution in [0, 0.1) is 0 Å². The lowest BCUT2D eigenvalue weighted by Gasteiger charge is -2.23. The summed E-state index contributed by atoms with van der Waals surface area (Å²) in [6.45, 7) is 3.31. The second kappa shape index (κ2) is 9.28. The maximum atomic E-state index is 6.00. The molecule has 128 valence electrons. The van der Waals surface area contributed by atoms with Gasteiger partial charge in [0.2, 0.25) is 0 Å². The van der Waals surface area contributed by atoms with Gasteiger partial charge in [0.05, 0.1) is 20.3 Å². The Morgan fingerprint density at radius 2 is 2.04 bits per heavy atom. The van der Waals surface area contributed by atoms with Crippen LogP contribution in [0.25, 0.3) is 0 Å². The Hall–Kier alpha value is -1.91. The molecule has 0 saturated heterocycles. The molecule has 5 nitrogen and oxygen atoms in total. The number of methoxy groups -OCH3 is 1. The number of hydrogen-bond acceptors (Lipinski definition) is 3. The average Bonchev–Trinajstić information content (AvgIpc) is 2.59. The Kier molecular flexibility index (Phi) is 7.04. The zero-order valence-electron chi connectivity index (χ0n) is 14.3. The fourth-order valence-electron chi connectivity index (χ4n) is 2.82. The number of rotatable bonds is 7. The van der Waals surface area contributed by atoms with Crippen LogP contribution >= 0.6 is 0 Å². The zero-order chi connectivity index (χ0) is 16.5. The fraction of sp³-hybridized carbons (Fsp3) is 0.611. The van der Waals surface area contributed by atoms with E-state index in [-0.39, 0.29) is 0 Å². The number of benzene rings is 1. The molecule has 0 aliphatic heterocycles. The normalized spacial score (nSPS) is 16.2. The predicted molar refractivity (Wildman–Crippen MR) is 94.1 cm³/mol. The SMILES string of the molecule is CCCOc1ccc(CN=C(N)NC2CCCCC2)cc1OC. The highest BCUT2D eigenvalue weighted by atomic mass is 16.5. The van der Waals surface area contributed by atoms with Crippen molar-refractivity contribution in [1.29, 1.82) is 0 Å². The Morgan fingerprint density at radius 3 is 2.74 bits per heavy atom. The van der Waals surface area contributed by atoms with Crippen molar-refractivity contribution >= 4 is 5.96 Å². The first-order chi connectivity index (χ1) is 11.2. The number of nitrogens with zero attached hydrogens (tertiary/aromatic N) is 1. The molecule has 5 heteroatoms. The highest BCUT2D eigenvalue weighted by Crippen LogP contribution is 2.28. The van der Waals surface area contributed by atoms with Gasteiger partial charge in [0, 0.05) is 6.04 Å². The van der Waals surface area contributed by atoms with Gasteiger partial charge in [-0.15, -0.1) is 0 Å². The quantitative estimate of drug-likeness (QED) is 0.598. The molecule has 1 aromatic carbocycles. The van der Waals surface area contributed by atoms with E-state index in [1.807, 2.05) is 18.2 Å². The van der Waals surface area contributed by atoms with Gasteiger partial charge in [0.15, 0.2) is 17.5 Å². The Balaban J connectivity index is 1.92. The van der Waals surface area contributed by atoms with Crippen molar-refractivity contribution in [2.45, 2.75) is 58.0 Å². The first kappa shape index (κ1) is 17.4. The first-order valence-corrected chi connectivity index (χ1v) is 8.59. The molecule has 0 unspecified atom stereocenters. The zero-order valence-corrected chi connectivity index (χ0v) is 14.3. The van der Waals surface area contributed by atoms with Gasteiger partial charge >= 0.3 is 0 Å². The van der Waals surface area contributed by atoms with E-state index in [0.717, 1.165) is 23.5 Å². The summed E-state index contributed by atoms with van der Waals surface area (Å²) in [5.74, 6) is 2.04. The molecule has 2 rings (SSSR count). The van der Waals surface area contributed by atoms with Gasteiger partial charge in [-0.1, -0.05) is 32.3 Å². The molecule has 0 heterocycles. The number of guanidine groups is 1. The molecule has 1 aromatic rings. The largest absolute Gasteiger partial charge is 0.493 e. The van der Waals surface area contributed by atoms with Gasteiger partial charge in [0.1, 0.15) is 0 Å². The van der Waals surface area contributed by atoms with E-state index < -0.39 is 0 Å². The Bertz CT molecular complexity index is 511. The molecular formula is C18H29N3O2. The van der Waals surface area contributed by atoms with Gasteiger partial charge in [-0.3, -0.25) is 0 Å². The molecule has 1 aliphatic carbocycles. The van der Waals surface area contributed by atoms with Crippen molar-refractivity contribution in [2.24, 2.45) is 10.7 Å². The van der Waals surface area contributed by atoms with Crippen LogP contribution in [0.5, 0.6) is 11.5 Å². The van der Waals surface area contributed by atoms with Crippen LogP contribution in [0.3, 0.4) is 0 Å². The third-order valence-electron chi connectivity index (χ3n) is 4.08. The number of ether oxygens (including phenoxy) is 2. The summed E-state index contributed by atoms with van der Waals surface area (Å²) in [4.78, 5) is 4.44. The summed E-state index contributed by atoms with van der Waals surface area (Å²) < 4.78 is 11.1. The van der Waals surface area contributed by atoms with Crippen LogP contribution in [0.4, 0.5) is 0 Å². The van der Waals surface area contributed by atoms with Crippen molar-refractivity contribution in [1.82, 2.24) is 5.32 Å². The van der Waals surface area contributed by atoms with Crippen molar-refractivity contribution in [3.63, 3.8) is 0 Å². The minimum absolute atomic E-state index is 0.479. The summed E-state index contributed by atoms with van der Waals surface area (Å²) in [5.41, 5.74) is 7.06. The van der Waals surface area contributed by atoms with Gasteiger partial charge in [0.25, 0.3) is 0 Å². The molecule has 0 radical (unpaired) electrons. The van der Waals surface area contributed by atoms with E-state index in [0.29, 0.717) is 25.2 Å². The summed E-state index contributed by atoms with van der Waals surface area (Å²) in [5, 5.41) is 3.33. The van der Waals surface area contributed by atoms with Crippen molar-refractivity contribution in [3.8, 4) is 11.5 Å². The summed E-state index contributed by atoms with van der Waals surface area (Å²) in [7, 11) is 1.65. The first-order valence-electron chi connectivity index (χ1n) is 8.59. The molecule has 1 saturated carbocycles. The van der Waals surface area contributed by atoms with Crippen LogP contribution in [0.1, 0.15) is 51.0 Å². The molecule has 0 amide bonds. The fourth-order valence-corrected chi connectivity index (χ4v) is 2.82. The van der Waals surface area contributed by atoms with Gasteiger partial charge in [-0.05, 0) is 37.0 Å². The van der Waals surface area contributed by atoms with Crippen LogP contribution in [-0.2, 0) is 6.54 Å². The Morgan fingerprint density at radius 1 is 1.26 bits per heavy atom. The van der Waals surface area contributed by atoms with Crippen LogP contribution < -0.4 is 20.5 Å². The molecule has 23 heavy (non-hydrogen) atoms. The van der Waals surface area contributed by atoms with Gasteiger partial charge < -0.3 is 20.5 Å². The second-order valence-electron chi connectivity index (χ2n) is 6.01. The van der Waals surface area contributed by atoms with Crippen LogP contribution in [-0.4, -0.2) is 25.7 Å². The van der Waals surface area contributed by atoms with E-state index in [2.05, 4.69) is 17.2 Å². The molecule has 1 aliphatic rings. The van der Waals surface area contributed by atoms with E-state index >= 15 is 0 Å². The van der Waals surface area contributed by atoms with Crippen LogP contribution in [0.15, 0.2) is 23.2 Å². The number of nitrogens with one attached hydrogen (secondary N) is 1. The standard InChI is InChI=1S/C18H29N3O2/c1-3-11-23-16-10-9-14(12-17(16)22-2)13-20-18(19)21-15-7-5-4-6-8-15/h9-10,12,15H,3-8,11,13H2,1-2H3,(H3,19,20,21). The summed E-state index contributed by atoms with van der Waals surface area (Å²) in [6, 6.07) is 6.38. The van der Waals surface area contributed by atoms with E-state index in [1.54, 1.807) is 7.11 Å². The third kappa shape index (κ3) is 5.66. The van der Waals surface area contributed by atoms with Crippen molar-refractivity contribution < 1.29 is 9.47 Å². The molecule has 0 bridgehead atoms. The monoisotopic (exact) mass is 319 g/mol. The minimum atomic E-state index is 0.479. The van der Waals surface area contributed by atoms with Crippen molar-refractivity contribution in [3.05, 3.63) is 23.8 Å². The Labute approximate surface area is 139 Å². The molecular weight excluding hydrogens is 290 g/mol. The summed E-state index contributed by atoms with van der Waals surface area (Å²) in [6.07, 6.45) is 7.24. The maximum Gasteiger partial charge on any atom is 0.189 e. The average molecular weight is 319 g/mol. The van der Waals surface area contributed by atoms with E-state index in [9.17, 15) is 0 Å².